The third-order valence-corrected chi connectivity index (χ3v) is 2.95. The van der Waals surface area contributed by atoms with Crippen LogP contribution in [0.3, 0.4) is 0 Å². The summed E-state index contributed by atoms with van der Waals surface area (Å²) in [6.07, 6.45) is 4.49. The smallest absolute Gasteiger partial charge is 0.128 e. The van der Waals surface area contributed by atoms with Crippen LogP contribution >= 0.6 is 0 Å². The molecule has 1 aliphatic rings. The highest BCUT2D eigenvalue weighted by Gasteiger charge is 2.24. The summed E-state index contributed by atoms with van der Waals surface area (Å²) < 4.78 is 0. The normalized spacial score (nSPS) is 24.5. The molecule has 1 aromatic heterocycles. The molecule has 0 spiro atoms. The van der Waals surface area contributed by atoms with Crippen molar-refractivity contribution < 1.29 is 0 Å². The summed E-state index contributed by atoms with van der Waals surface area (Å²) in [5.41, 5.74) is 1.14. The van der Waals surface area contributed by atoms with Gasteiger partial charge in [-0.15, -0.1) is 0 Å². The lowest BCUT2D eigenvalue weighted by Gasteiger charge is -2.34. The molecule has 1 saturated carbocycles. The number of nitrogens with one attached hydrogen (secondary N) is 1. The Labute approximate surface area is 91.5 Å². The first-order chi connectivity index (χ1) is 7.15. The van der Waals surface area contributed by atoms with Crippen molar-refractivity contribution in [3.63, 3.8) is 0 Å². The molecule has 1 fully saturated rings. The number of hydrogen-bond donors (Lipinski definition) is 1. The van der Waals surface area contributed by atoms with Gasteiger partial charge >= 0.3 is 0 Å². The lowest BCUT2D eigenvalue weighted by atomic mass is 9.82. The van der Waals surface area contributed by atoms with Crippen LogP contribution in [0.5, 0.6) is 0 Å². The highest BCUT2D eigenvalue weighted by Crippen LogP contribution is 2.29. The number of rotatable bonds is 3. The number of nitrogens with zero attached hydrogens (tertiary/aromatic N) is 2. The molecule has 1 heterocycles. The van der Waals surface area contributed by atoms with Crippen LogP contribution in [-0.4, -0.2) is 25.1 Å². The zero-order valence-electron chi connectivity index (χ0n) is 9.70. The topological polar surface area (TPSA) is 28.2 Å². The Morgan fingerprint density at radius 3 is 2.53 bits per heavy atom. The first-order valence-corrected chi connectivity index (χ1v) is 5.55. The fourth-order valence-corrected chi connectivity index (χ4v) is 1.99. The van der Waals surface area contributed by atoms with Crippen molar-refractivity contribution in [3.05, 3.63) is 18.3 Å². The van der Waals surface area contributed by atoms with E-state index in [-0.39, 0.29) is 0 Å². The summed E-state index contributed by atoms with van der Waals surface area (Å²) in [4.78, 5) is 6.38. The molecule has 0 aromatic carbocycles. The SMILES string of the molecule is CC1CC(Nc2ccc(N(C)C)nc2)C1. The van der Waals surface area contributed by atoms with E-state index in [0.29, 0.717) is 6.04 Å². The Morgan fingerprint density at radius 1 is 1.33 bits per heavy atom. The molecule has 1 aromatic rings. The second-order valence-electron chi connectivity index (χ2n) is 4.72. The molecule has 0 atom stereocenters. The number of pyridine rings is 1. The minimum Gasteiger partial charge on any atom is -0.381 e. The van der Waals surface area contributed by atoms with Gasteiger partial charge in [-0.3, -0.25) is 0 Å². The van der Waals surface area contributed by atoms with Crippen LogP contribution in [0, 0.1) is 5.92 Å². The predicted octanol–water partition coefficient (Wildman–Crippen LogP) is 2.36. The van der Waals surface area contributed by atoms with E-state index in [4.69, 9.17) is 0 Å². The molecular weight excluding hydrogens is 186 g/mol. The lowest BCUT2D eigenvalue weighted by Crippen LogP contribution is -2.33. The molecule has 0 bridgehead atoms. The van der Waals surface area contributed by atoms with Gasteiger partial charge in [-0.25, -0.2) is 4.98 Å². The van der Waals surface area contributed by atoms with E-state index < -0.39 is 0 Å². The van der Waals surface area contributed by atoms with Gasteiger partial charge in [0.15, 0.2) is 0 Å². The highest BCUT2D eigenvalue weighted by molar-refractivity contribution is 5.48. The van der Waals surface area contributed by atoms with E-state index in [1.165, 1.54) is 12.8 Å². The van der Waals surface area contributed by atoms with Gasteiger partial charge < -0.3 is 10.2 Å². The summed E-state index contributed by atoms with van der Waals surface area (Å²) in [7, 11) is 4.01. The molecule has 0 unspecified atom stereocenters. The van der Waals surface area contributed by atoms with Crippen molar-refractivity contribution in [2.45, 2.75) is 25.8 Å². The van der Waals surface area contributed by atoms with E-state index >= 15 is 0 Å². The molecule has 82 valence electrons. The van der Waals surface area contributed by atoms with Gasteiger partial charge in [0, 0.05) is 20.1 Å². The summed E-state index contributed by atoms with van der Waals surface area (Å²) in [6.45, 7) is 2.30. The minimum atomic E-state index is 0.659. The van der Waals surface area contributed by atoms with Crippen molar-refractivity contribution in [3.8, 4) is 0 Å². The average Bonchev–Trinajstić information content (AvgIpc) is 2.16. The van der Waals surface area contributed by atoms with E-state index in [1.54, 1.807) is 0 Å². The molecule has 0 saturated heterocycles. The third-order valence-electron chi connectivity index (χ3n) is 2.95. The molecule has 2 rings (SSSR count). The van der Waals surface area contributed by atoms with E-state index in [0.717, 1.165) is 17.4 Å². The van der Waals surface area contributed by atoms with Gasteiger partial charge in [0.25, 0.3) is 0 Å². The van der Waals surface area contributed by atoms with Gasteiger partial charge in [0.2, 0.25) is 0 Å². The van der Waals surface area contributed by atoms with Gasteiger partial charge in [0.1, 0.15) is 5.82 Å². The van der Waals surface area contributed by atoms with Crippen LogP contribution in [0.4, 0.5) is 11.5 Å². The Morgan fingerprint density at radius 2 is 2.07 bits per heavy atom. The van der Waals surface area contributed by atoms with Crippen LogP contribution < -0.4 is 10.2 Å². The number of anilines is 2. The van der Waals surface area contributed by atoms with Gasteiger partial charge in [-0.05, 0) is 30.9 Å². The second-order valence-corrected chi connectivity index (χ2v) is 4.72. The van der Waals surface area contributed by atoms with Crippen LogP contribution in [0.25, 0.3) is 0 Å². The van der Waals surface area contributed by atoms with E-state index in [9.17, 15) is 0 Å². The molecule has 3 nitrogen and oxygen atoms in total. The third kappa shape index (κ3) is 2.41. The fourth-order valence-electron chi connectivity index (χ4n) is 1.99. The molecule has 3 heteroatoms. The molecule has 1 N–H and O–H groups in total. The molecule has 0 radical (unpaired) electrons. The Kier molecular flexibility index (Phi) is 2.80. The molecule has 1 aliphatic carbocycles. The van der Waals surface area contributed by atoms with Crippen molar-refractivity contribution >= 4 is 11.5 Å². The molecule has 0 aliphatic heterocycles. The van der Waals surface area contributed by atoms with Gasteiger partial charge in [-0.1, -0.05) is 6.92 Å². The van der Waals surface area contributed by atoms with Crippen LogP contribution in [0.15, 0.2) is 18.3 Å². The van der Waals surface area contributed by atoms with Crippen molar-refractivity contribution in [2.24, 2.45) is 5.92 Å². The van der Waals surface area contributed by atoms with Crippen LogP contribution in [0.2, 0.25) is 0 Å². The maximum absolute atomic E-state index is 4.37. The fraction of sp³-hybridized carbons (Fsp3) is 0.583. The highest BCUT2D eigenvalue weighted by atomic mass is 15.1. The predicted molar refractivity (Wildman–Crippen MR) is 64.4 cm³/mol. The summed E-state index contributed by atoms with van der Waals surface area (Å²) >= 11 is 0. The maximum Gasteiger partial charge on any atom is 0.128 e. The quantitative estimate of drug-likeness (QED) is 0.821. The van der Waals surface area contributed by atoms with Crippen molar-refractivity contribution in [1.29, 1.82) is 0 Å². The van der Waals surface area contributed by atoms with Crippen LogP contribution in [-0.2, 0) is 0 Å². The Bertz CT molecular complexity index is 312. The minimum absolute atomic E-state index is 0.659. The Hall–Kier alpha value is -1.25. The summed E-state index contributed by atoms with van der Waals surface area (Å²) in [6, 6.07) is 4.81. The maximum atomic E-state index is 4.37. The van der Waals surface area contributed by atoms with Crippen LogP contribution in [0.1, 0.15) is 19.8 Å². The Balaban J connectivity index is 1.92. The number of aromatic nitrogens is 1. The van der Waals surface area contributed by atoms with Gasteiger partial charge in [0.05, 0.1) is 11.9 Å². The van der Waals surface area contributed by atoms with Crippen molar-refractivity contribution in [2.75, 3.05) is 24.3 Å². The van der Waals surface area contributed by atoms with E-state index in [1.807, 2.05) is 31.3 Å². The summed E-state index contributed by atoms with van der Waals surface area (Å²) in [5, 5.41) is 3.49. The summed E-state index contributed by atoms with van der Waals surface area (Å²) in [5.74, 6) is 1.89. The van der Waals surface area contributed by atoms with E-state index in [2.05, 4.69) is 23.3 Å². The second kappa shape index (κ2) is 4.09. The zero-order chi connectivity index (χ0) is 10.8. The lowest BCUT2D eigenvalue weighted by molar-refractivity contribution is 0.309. The molecule has 0 amide bonds. The monoisotopic (exact) mass is 205 g/mol. The zero-order valence-corrected chi connectivity index (χ0v) is 9.70. The van der Waals surface area contributed by atoms with Crippen molar-refractivity contribution in [1.82, 2.24) is 4.98 Å². The number of hydrogen-bond acceptors (Lipinski definition) is 3. The first-order valence-electron chi connectivity index (χ1n) is 5.55. The largest absolute Gasteiger partial charge is 0.381 e. The molecule has 15 heavy (non-hydrogen) atoms. The average molecular weight is 205 g/mol. The first kappa shape index (κ1) is 10.3. The van der Waals surface area contributed by atoms with Gasteiger partial charge in [-0.2, -0.15) is 0 Å². The standard InChI is InChI=1S/C12H19N3/c1-9-6-11(7-9)14-10-4-5-12(13-8-10)15(2)3/h4-5,8-9,11,14H,6-7H2,1-3H3. The molecular formula is C12H19N3.